The number of nitro groups is 1. The van der Waals surface area contributed by atoms with Gasteiger partial charge in [0.1, 0.15) is 5.75 Å². The van der Waals surface area contributed by atoms with Crippen molar-refractivity contribution in [2.45, 2.75) is 0 Å². The second kappa shape index (κ2) is 6.45. The Hall–Kier alpha value is -3.29. The minimum atomic E-state index is -0.594. The van der Waals surface area contributed by atoms with E-state index in [-0.39, 0.29) is 30.6 Å². The summed E-state index contributed by atoms with van der Waals surface area (Å²) < 4.78 is 20.6. The van der Waals surface area contributed by atoms with Gasteiger partial charge >= 0.3 is 5.69 Å². The second-order valence-corrected chi connectivity index (χ2v) is 4.87. The van der Waals surface area contributed by atoms with Crippen molar-refractivity contribution in [3.05, 3.63) is 52.1 Å². The molecule has 0 fully saturated rings. The van der Waals surface area contributed by atoms with Gasteiger partial charge in [-0.25, -0.2) is 0 Å². The lowest BCUT2D eigenvalue weighted by molar-refractivity contribution is -0.385. The molecule has 2 aromatic rings. The van der Waals surface area contributed by atoms with Crippen molar-refractivity contribution in [1.82, 2.24) is 0 Å². The van der Waals surface area contributed by atoms with E-state index in [4.69, 9.17) is 18.9 Å². The Balaban J connectivity index is 1.73. The average molecular weight is 331 g/mol. The van der Waals surface area contributed by atoms with E-state index in [1.165, 1.54) is 25.3 Å². The molecule has 0 atom stereocenters. The Kier molecular flexibility index (Phi) is 4.19. The van der Waals surface area contributed by atoms with Crippen LogP contribution in [0.1, 0.15) is 10.4 Å². The molecule has 0 aromatic heterocycles. The van der Waals surface area contributed by atoms with Crippen LogP contribution in [0.15, 0.2) is 36.4 Å². The zero-order valence-corrected chi connectivity index (χ0v) is 12.7. The lowest BCUT2D eigenvalue weighted by atomic mass is 10.1. The summed E-state index contributed by atoms with van der Waals surface area (Å²) in [6.45, 7) is -0.228. The zero-order valence-electron chi connectivity index (χ0n) is 12.7. The molecule has 0 spiro atoms. The van der Waals surface area contributed by atoms with Crippen LogP contribution < -0.4 is 18.9 Å². The monoisotopic (exact) mass is 331 g/mol. The van der Waals surface area contributed by atoms with Crippen LogP contribution in [0, 0.1) is 10.1 Å². The topological polar surface area (TPSA) is 97.1 Å². The van der Waals surface area contributed by atoms with E-state index < -0.39 is 4.92 Å². The van der Waals surface area contributed by atoms with Gasteiger partial charge in [0.2, 0.25) is 6.79 Å². The molecule has 1 aliphatic rings. The number of ketones is 1. The van der Waals surface area contributed by atoms with Crippen molar-refractivity contribution in [1.29, 1.82) is 0 Å². The molecule has 0 aliphatic carbocycles. The van der Waals surface area contributed by atoms with Crippen LogP contribution in [0.25, 0.3) is 0 Å². The van der Waals surface area contributed by atoms with Gasteiger partial charge < -0.3 is 18.9 Å². The van der Waals surface area contributed by atoms with Crippen molar-refractivity contribution in [3.8, 4) is 23.0 Å². The van der Waals surface area contributed by atoms with Crippen LogP contribution in [0.3, 0.4) is 0 Å². The Morgan fingerprint density at radius 3 is 2.75 bits per heavy atom. The highest BCUT2D eigenvalue weighted by molar-refractivity contribution is 5.98. The molecule has 1 heterocycles. The maximum absolute atomic E-state index is 12.2. The molecule has 0 radical (unpaired) electrons. The average Bonchev–Trinajstić information content (AvgIpc) is 3.07. The highest BCUT2D eigenvalue weighted by Gasteiger charge is 2.20. The normalized spacial score (nSPS) is 11.9. The van der Waals surface area contributed by atoms with Crippen molar-refractivity contribution < 1.29 is 28.7 Å². The summed E-state index contributed by atoms with van der Waals surface area (Å²) in [6.07, 6.45) is 0. The zero-order chi connectivity index (χ0) is 17.1. The van der Waals surface area contributed by atoms with Gasteiger partial charge in [-0.05, 0) is 30.3 Å². The van der Waals surface area contributed by atoms with Gasteiger partial charge in [0, 0.05) is 5.56 Å². The number of nitro benzene ring substituents is 1. The molecule has 8 nitrogen and oxygen atoms in total. The molecular weight excluding hydrogens is 318 g/mol. The van der Waals surface area contributed by atoms with E-state index in [2.05, 4.69) is 0 Å². The van der Waals surface area contributed by atoms with Gasteiger partial charge in [-0.3, -0.25) is 14.9 Å². The van der Waals surface area contributed by atoms with Gasteiger partial charge in [0.15, 0.2) is 29.6 Å². The summed E-state index contributed by atoms with van der Waals surface area (Å²) in [5, 5.41) is 11.1. The summed E-state index contributed by atoms with van der Waals surface area (Å²) in [4.78, 5) is 22.7. The standard InChI is InChI=1S/C16H13NO7/c1-21-11-3-5-14(12(7-11)17(19)20)22-8-13(18)10-2-4-15-16(6-10)24-9-23-15/h2-7H,8-9H2,1H3. The summed E-state index contributed by atoms with van der Waals surface area (Å²) in [6, 6.07) is 8.92. The van der Waals surface area contributed by atoms with Crippen LogP contribution >= 0.6 is 0 Å². The largest absolute Gasteiger partial charge is 0.496 e. The minimum absolute atomic E-state index is 0.00473. The number of benzene rings is 2. The number of hydrogen-bond acceptors (Lipinski definition) is 7. The molecular formula is C16H13NO7. The van der Waals surface area contributed by atoms with Crippen LogP contribution in [0.5, 0.6) is 23.0 Å². The van der Waals surface area contributed by atoms with Crippen LogP contribution in [0.4, 0.5) is 5.69 Å². The number of rotatable bonds is 6. The van der Waals surface area contributed by atoms with Crippen molar-refractivity contribution in [3.63, 3.8) is 0 Å². The first-order valence-electron chi connectivity index (χ1n) is 6.96. The number of ether oxygens (including phenoxy) is 4. The third kappa shape index (κ3) is 3.07. The summed E-state index contributed by atoms with van der Waals surface area (Å²) in [5.74, 6) is 1.04. The molecule has 8 heteroatoms. The Morgan fingerprint density at radius 1 is 1.21 bits per heavy atom. The molecule has 0 saturated carbocycles. The number of hydrogen-bond donors (Lipinski definition) is 0. The first kappa shape index (κ1) is 15.6. The van der Waals surface area contributed by atoms with Crippen molar-refractivity contribution >= 4 is 11.5 Å². The summed E-state index contributed by atoms with van der Waals surface area (Å²) in [7, 11) is 1.41. The molecule has 0 bridgehead atoms. The van der Waals surface area contributed by atoms with Gasteiger partial charge in [-0.1, -0.05) is 0 Å². The fourth-order valence-electron chi connectivity index (χ4n) is 2.19. The molecule has 0 saturated heterocycles. The lowest BCUT2D eigenvalue weighted by Crippen LogP contribution is -2.12. The predicted octanol–water partition coefficient (Wildman–Crippen LogP) is 2.59. The van der Waals surface area contributed by atoms with E-state index in [1.54, 1.807) is 18.2 Å². The molecule has 3 rings (SSSR count). The fourth-order valence-corrected chi connectivity index (χ4v) is 2.19. The van der Waals surface area contributed by atoms with E-state index in [9.17, 15) is 14.9 Å². The van der Waals surface area contributed by atoms with Gasteiger partial charge in [0.05, 0.1) is 18.1 Å². The molecule has 124 valence electrons. The highest BCUT2D eigenvalue weighted by atomic mass is 16.7. The lowest BCUT2D eigenvalue weighted by Gasteiger charge is -2.08. The molecule has 24 heavy (non-hydrogen) atoms. The fraction of sp³-hybridized carbons (Fsp3) is 0.188. The van der Waals surface area contributed by atoms with E-state index in [0.717, 1.165) is 0 Å². The molecule has 0 N–H and O–H groups in total. The Morgan fingerprint density at radius 2 is 2.00 bits per heavy atom. The summed E-state index contributed by atoms with van der Waals surface area (Å²) in [5.41, 5.74) is 0.100. The van der Waals surface area contributed by atoms with Gasteiger partial charge in [-0.15, -0.1) is 0 Å². The Bertz CT molecular complexity index is 803. The maximum atomic E-state index is 12.2. The number of carbonyl (C=O) groups excluding carboxylic acids is 1. The third-order valence-electron chi connectivity index (χ3n) is 3.42. The molecule has 1 aliphatic heterocycles. The SMILES string of the molecule is COc1ccc(OCC(=O)c2ccc3c(c2)OCO3)c([N+](=O)[O-])c1. The molecule has 0 unspecified atom stereocenters. The molecule has 0 amide bonds. The molecule has 2 aromatic carbocycles. The number of Topliss-reactive ketones (excluding diaryl/α,β-unsaturated/α-hetero) is 1. The smallest absolute Gasteiger partial charge is 0.314 e. The highest BCUT2D eigenvalue weighted by Crippen LogP contribution is 2.33. The van der Waals surface area contributed by atoms with Gasteiger partial charge in [-0.2, -0.15) is 0 Å². The minimum Gasteiger partial charge on any atom is -0.496 e. The second-order valence-electron chi connectivity index (χ2n) is 4.87. The quantitative estimate of drug-likeness (QED) is 0.456. The number of methoxy groups -OCH3 is 1. The van der Waals surface area contributed by atoms with Crippen LogP contribution in [-0.2, 0) is 0 Å². The van der Waals surface area contributed by atoms with E-state index in [0.29, 0.717) is 22.8 Å². The van der Waals surface area contributed by atoms with E-state index >= 15 is 0 Å². The Labute approximate surface area is 136 Å². The number of nitrogens with zero attached hydrogens (tertiary/aromatic N) is 1. The predicted molar refractivity (Wildman–Crippen MR) is 82.0 cm³/mol. The van der Waals surface area contributed by atoms with Crippen LogP contribution in [0.2, 0.25) is 0 Å². The van der Waals surface area contributed by atoms with Crippen molar-refractivity contribution in [2.24, 2.45) is 0 Å². The first-order valence-corrected chi connectivity index (χ1v) is 6.96. The summed E-state index contributed by atoms with van der Waals surface area (Å²) >= 11 is 0. The van der Waals surface area contributed by atoms with Crippen molar-refractivity contribution in [2.75, 3.05) is 20.5 Å². The number of fused-ring (bicyclic) bond motifs is 1. The first-order chi connectivity index (χ1) is 11.6. The van der Waals surface area contributed by atoms with E-state index in [1.807, 2.05) is 0 Å². The van der Waals surface area contributed by atoms with Gasteiger partial charge in [0.25, 0.3) is 0 Å². The number of carbonyl (C=O) groups is 1. The maximum Gasteiger partial charge on any atom is 0.314 e. The van der Waals surface area contributed by atoms with Crippen LogP contribution in [-0.4, -0.2) is 31.2 Å². The third-order valence-corrected chi connectivity index (χ3v) is 3.42.